The van der Waals surface area contributed by atoms with Crippen molar-refractivity contribution in [2.75, 3.05) is 0 Å². The van der Waals surface area contributed by atoms with Gasteiger partial charge in [-0.05, 0) is 54.4 Å². The molecule has 36 heavy (non-hydrogen) atoms. The van der Waals surface area contributed by atoms with Crippen LogP contribution in [0.25, 0.3) is 22.3 Å². The number of alkyl halides is 3. The molecule has 2 nitrogen and oxygen atoms in total. The van der Waals surface area contributed by atoms with Gasteiger partial charge >= 0.3 is 6.18 Å². The molecule has 192 valence electrons. The van der Waals surface area contributed by atoms with Gasteiger partial charge in [-0.2, -0.15) is 13.2 Å². The van der Waals surface area contributed by atoms with Gasteiger partial charge in [-0.3, -0.25) is 9.97 Å². The van der Waals surface area contributed by atoms with E-state index in [1.807, 2.05) is 40.7 Å². The van der Waals surface area contributed by atoms with E-state index in [-0.39, 0.29) is 5.56 Å². The second-order valence-corrected chi connectivity index (χ2v) is 6.71. The first-order valence-corrected chi connectivity index (χ1v) is 11.3. The average Bonchev–Trinajstić information content (AvgIpc) is 2.90. The quantitative estimate of drug-likeness (QED) is 0.200. The molecule has 0 unspecified atom stereocenters. The van der Waals surface area contributed by atoms with Crippen LogP contribution in [0.2, 0.25) is 0 Å². The predicted octanol–water partition coefficient (Wildman–Crippen LogP) is 9.29. The molecule has 0 atom stereocenters. The Balaban J connectivity index is 0.000000318. The summed E-state index contributed by atoms with van der Waals surface area (Å²) in [5.41, 5.74) is 2.55. The Hall–Kier alpha value is -3.68. The number of benzene rings is 2. The molecule has 0 saturated carbocycles. The molecule has 4 aromatic rings. The second kappa shape index (κ2) is 14.7. The fourth-order valence-corrected chi connectivity index (χ4v) is 2.88. The second-order valence-electron chi connectivity index (χ2n) is 6.71. The Morgan fingerprint density at radius 1 is 0.667 bits per heavy atom. The molecular formula is C28H28F6N2. The van der Waals surface area contributed by atoms with Crippen LogP contribution in [-0.4, -0.2) is 9.97 Å². The summed E-state index contributed by atoms with van der Waals surface area (Å²) in [7, 11) is 0. The summed E-state index contributed by atoms with van der Waals surface area (Å²) >= 11 is 0. The third-order valence-corrected chi connectivity index (χ3v) is 4.51. The number of rotatable bonds is 2. The van der Waals surface area contributed by atoms with Crippen LogP contribution in [-0.2, 0) is 6.18 Å². The molecule has 0 aliphatic rings. The zero-order valence-electron chi connectivity index (χ0n) is 20.7. The van der Waals surface area contributed by atoms with E-state index in [0.29, 0.717) is 5.56 Å². The Morgan fingerprint density at radius 2 is 1.22 bits per heavy atom. The highest BCUT2D eigenvalue weighted by Crippen LogP contribution is 2.31. The molecule has 0 radical (unpaired) electrons. The Morgan fingerprint density at radius 3 is 1.69 bits per heavy atom. The van der Waals surface area contributed by atoms with Crippen LogP contribution in [0.1, 0.15) is 39.0 Å². The molecular weight excluding hydrogens is 478 g/mol. The van der Waals surface area contributed by atoms with Crippen molar-refractivity contribution >= 4 is 0 Å². The van der Waals surface area contributed by atoms with Crippen molar-refractivity contribution < 1.29 is 26.3 Å². The SMILES string of the molecule is CC.CC.Cc1ncccc1-c1ccc(C(F)(F)F)cc1.Fc1cc(-c2cccnc2)cc(F)c1F. The van der Waals surface area contributed by atoms with Gasteiger partial charge in [-0.1, -0.05) is 52.0 Å². The summed E-state index contributed by atoms with van der Waals surface area (Å²) in [6.45, 7) is 9.83. The molecule has 0 aliphatic carbocycles. The van der Waals surface area contributed by atoms with E-state index in [1.54, 1.807) is 30.6 Å². The first-order valence-electron chi connectivity index (χ1n) is 11.3. The summed E-state index contributed by atoms with van der Waals surface area (Å²) < 4.78 is 75.6. The molecule has 2 aromatic heterocycles. The molecule has 0 bridgehead atoms. The van der Waals surface area contributed by atoms with Crippen molar-refractivity contribution in [1.82, 2.24) is 9.97 Å². The van der Waals surface area contributed by atoms with Crippen molar-refractivity contribution in [2.45, 2.75) is 40.8 Å². The maximum absolute atomic E-state index is 12.9. The molecule has 0 aliphatic heterocycles. The molecule has 2 heterocycles. The lowest BCUT2D eigenvalue weighted by atomic mass is 10.0. The van der Waals surface area contributed by atoms with Crippen LogP contribution in [0.15, 0.2) is 79.3 Å². The molecule has 0 amide bonds. The fourth-order valence-electron chi connectivity index (χ4n) is 2.88. The predicted molar refractivity (Wildman–Crippen MR) is 132 cm³/mol. The Labute approximate surface area is 207 Å². The molecule has 0 fully saturated rings. The lowest BCUT2D eigenvalue weighted by molar-refractivity contribution is -0.137. The first kappa shape index (κ1) is 30.4. The topological polar surface area (TPSA) is 25.8 Å². The van der Waals surface area contributed by atoms with E-state index >= 15 is 0 Å². The minimum Gasteiger partial charge on any atom is -0.264 e. The summed E-state index contributed by atoms with van der Waals surface area (Å²) in [5.74, 6) is -3.86. The van der Waals surface area contributed by atoms with E-state index < -0.39 is 29.2 Å². The van der Waals surface area contributed by atoms with E-state index in [0.717, 1.165) is 41.1 Å². The lowest BCUT2D eigenvalue weighted by Crippen LogP contribution is -2.04. The van der Waals surface area contributed by atoms with Crippen molar-refractivity contribution in [3.05, 3.63) is 108 Å². The zero-order chi connectivity index (χ0) is 27.3. The van der Waals surface area contributed by atoms with Crippen LogP contribution in [0, 0.1) is 24.4 Å². The van der Waals surface area contributed by atoms with Crippen LogP contribution in [0.3, 0.4) is 0 Å². The number of halogens is 6. The van der Waals surface area contributed by atoms with Gasteiger partial charge in [0.05, 0.1) is 5.56 Å². The van der Waals surface area contributed by atoms with E-state index in [4.69, 9.17) is 0 Å². The highest BCUT2D eigenvalue weighted by Gasteiger charge is 2.30. The molecule has 2 aromatic carbocycles. The van der Waals surface area contributed by atoms with E-state index in [2.05, 4.69) is 9.97 Å². The van der Waals surface area contributed by atoms with Crippen molar-refractivity contribution in [3.8, 4) is 22.3 Å². The van der Waals surface area contributed by atoms with Crippen LogP contribution in [0.5, 0.6) is 0 Å². The maximum atomic E-state index is 12.9. The van der Waals surface area contributed by atoms with Crippen LogP contribution < -0.4 is 0 Å². The van der Waals surface area contributed by atoms with E-state index in [9.17, 15) is 26.3 Å². The smallest absolute Gasteiger partial charge is 0.264 e. The van der Waals surface area contributed by atoms with Gasteiger partial charge < -0.3 is 0 Å². The Kier molecular flexibility index (Phi) is 12.4. The van der Waals surface area contributed by atoms with Crippen molar-refractivity contribution in [2.24, 2.45) is 0 Å². The molecule has 4 rings (SSSR count). The van der Waals surface area contributed by atoms with Gasteiger partial charge in [-0.25, -0.2) is 13.2 Å². The standard InChI is InChI=1S/C13H10F3N.C11H6F3N.2C2H6/c1-9-12(3-2-8-17-9)10-4-6-11(7-5-10)13(14,15)16;12-9-4-8(5-10(13)11(9)14)7-2-1-3-15-6-7;2*1-2/h2-8H,1H3;1-6H;2*1-2H3. The third-order valence-electron chi connectivity index (χ3n) is 4.51. The lowest BCUT2D eigenvalue weighted by Gasteiger charge is -2.08. The van der Waals surface area contributed by atoms with Gasteiger partial charge in [0.1, 0.15) is 0 Å². The molecule has 0 N–H and O–H groups in total. The van der Waals surface area contributed by atoms with E-state index in [1.165, 1.54) is 18.3 Å². The number of aryl methyl sites for hydroxylation is 1. The van der Waals surface area contributed by atoms with Crippen LogP contribution in [0.4, 0.5) is 26.3 Å². The average molecular weight is 507 g/mol. The fraction of sp³-hybridized carbons (Fsp3) is 0.214. The number of nitrogens with zero attached hydrogens (tertiary/aromatic N) is 2. The zero-order valence-corrected chi connectivity index (χ0v) is 20.7. The molecule has 0 saturated heterocycles. The van der Waals surface area contributed by atoms with Gasteiger partial charge in [0.25, 0.3) is 0 Å². The van der Waals surface area contributed by atoms with Crippen molar-refractivity contribution in [1.29, 1.82) is 0 Å². The number of aromatic nitrogens is 2. The number of hydrogen-bond acceptors (Lipinski definition) is 2. The highest BCUT2D eigenvalue weighted by atomic mass is 19.4. The van der Waals surface area contributed by atoms with Gasteiger partial charge in [0.2, 0.25) is 0 Å². The molecule has 0 spiro atoms. The summed E-state index contributed by atoms with van der Waals surface area (Å²) in [5, 5.41) is 0. The monoisotopic (exact) mass is 506 g/mol. The van der Waals surface area contributed by atoms with Gasteiger partial charge in [0, 0.05) is 35.4 Å². The minimum atomic E-state index is -4.29. The normalized spacial score (nSPS) is 10.1. The van der Waals surface area contributed by atoms with Crippen molar-refractivity contribution in [3.63, 3.8) is 0 Å². The maximum Gasteiger partial charge on any atom is 0.416 e. The summed E-state index contributed by atoms with van der Waals surface area (Å²) in [6, 6.07) is 13.9. The molecule has 8 heteroatoms. The summed E-state index contributed by atoms with van der Waals surface area (Å²) in [6.07, 6.45) is 0.358. The van der Waals surface area contributed by atoms with Crippen LogP contribution >= 0.6 is 0 Å². The highest BCUT2D eigenvalue weighted by molar-refractivity contribution is 5.65. The van der Waals surface area contributed by atoms with Gasteiger partial charge in [-0.15, -0.1) is 0 Å². The largest absolute Gasteiger partial charge is 0.416 e. The Bertz CT molecular complexity index is 1170. The van der Waals surface area contributed by atoms with Gasteiger partial charge in [0.15, 0.2) is 17.5 Å². The third kappa shape index (κ3) is 8.52. The number of pyridine rings is 2. The minimum absolute atomic E-state index is 0.263. The first-order chi connectivity index (χ1) is 17.2. The number of hydrogen-bond donors (Lipinski definition) is 0. The summed E-state index contributed by atoms with van der Waals surface area (Å²) in [4.78, 5) is 7.91.